The highest BCUT2D eigenvalue weighted by atomic mass is 15.0. The second kappa shape index (κ2) is 5.30. The number of benzene rings is 1. The summed E-state index contributed by atoms with van der Waals surface area (Å²) < 4.78 is 0. The van der Waals surface area contributed by atoms with Gasteiger partial charge in [-0.25, -0.2) is 9.97 Å². The summed E-state index contributed by atoms with van der Waals surface area (Å²) in [5.74, 6) is 1.00. The minimum absolute atomic E-state index is 0.408. The van der Waals surface area contributed by atoms with Crippen molar-refractivity contribution in [1.29, 1.82) is 0 Å². The molecule has 4 heteroatoms. The number of hydrogen-bond acceptors (Lipinski definition) is 4. The minimum Gasteiger partial charge on any atom is -0.381 e. The van der Waals surface area contributed by atoms with Gasteiger partial charge in [0.15, 0.2) is 11.6 Å². The summed E-state index contributed by atoms with van der Waals surface area (Å²) in [6.45, 7) is 2.17. The predicted octanol–water partition coefficient (Wildman–Crippen LogP) is 2.75. The molecule has 0 saturated heterocycles. The molecule has 1 aromatic heterocycles. The van der Waals surface area contributed by atoms with Crippen LogP contribution in [0.25, 0.3) is 0 Å². The van der Waals surface area contributed by atoms with Crippen LogP contribution in [0.15, 0.2) is 36.7 Å². The molecule has 2 rings (SSSR count). The third-order valence-electron chi connectivity index (χ3n) is 2.48. The van der Waals surface area contributed by atoms with Gasteiger partial charge in [0.25, 0.3) is 0 Å². The van der Waals surface area contributed by atoms with Crippen LogP contribution in [-0.2, 0) is 6.42 Å². The van der Waals surface area contributed by atoms with E-state index in [2.05, 4.69) is 34.3 Å². The monoisotopic (exact) mass is 228 g/mol. The van der Waals surface area contributed by atoms with Gasteiger partial charge >= 0.3 is 0 Å². The fourth-order valence-electron chi connectivity index (χ4n) is 1.63. The minimum atomic E-state index is 0.408. The van der Waals surface area contributed by atoms with E-state index in [9.17, 15) is 0 Å². The zero-order valence-corrected chi connectivity index (χ0v) is 9.85. The molecule has 3 N–H and O–H groups in total. The number of nitrogens with zero attached hydrogens (tertiary/aromatic N) is 2. The van der Waals surface area contributed by atoms with E-state index in [0.29, 0.717) is 11.6 Å². The lowest BCUT2D eigenvalue weighted by atomic mass is 10.1. The van der Waals surface area contributed by atoms with Crippen LogP contribution >= 0.6 is 0 Å². The van der Waals surface area contributed by atoms with E-state index in [-0.39, 0.29) is 0 Å². The molecule has 0 bridgehead atoms. The van der Waals surface area contributed by atoms with Crippen molar-refractivity contribution in [2.75, 3.05) is 11.1 Å². The van der Waals surface area contributed by atoms with Crippen molar-refractivity contribution >= 4 is 17.3 Å². The first kappa shape index (κ1) is 11.4. The number of nitrogen functional groups attached to an aromatic ring is 1. The van der Waals surface area contributed by atoms with Crippen molar-refractivity contribution in [3.63, 3.8) is 0 Å². The Morgan fingerprint density at radius 1 is 1.12 bits per heavy atom. The molecule has 2 aromatic rings. The van der Waals surface area contributed by atoms with Gasteiger partial charge in [-0.05, 0) is 24.1 Å². The third-order valence-corrected chi connectivity index (χ3v) is 2.48. The molecule has 0 fully saturated rings. The van der Waals surface area contributed by atoms with Crippen LogP contribution in [-0.4, -0.2) is 9.97 Å². The Morgan fingerprint density at radius 3 is 2.47 bits per heavy atom. The summed E-state index contributed by atoms with van der Waals surface area (Å²) in [5.41, 5.74) is 8.02. The van der Waals surface area contributed by atoms with Gasteiger partial charge in [-0.2, -0.15) is 0 Å². The van der Waals surface area contributed by atoms with E-state index in [1.165, 1.54) is 5.56 Å². The topological polar surface area (TPSA) is 63.8 Å². The molecule has 0 radical (unpaired) electrons. The van der Waals surface area contributed by atoms with Crippen LogP contribution in [0.5, 0.6) is 0 Å². The summed E-state index contributed by atoms with van der Waals surface area (Å²) in [6.07, 6.45) is 5.45. The summed E-state index contributed by atoms with van der Waals surface area (Å²) in [5, 5.41) is 3.14. The van der Waals surface area contributed by atoms with Crippen molar-refractivity contribution in [3.8, 4) is 0 Å². The van der Waals surface area contributed by atoms with Crippen LogP contribution in [0.2, 0.25) is 0 Å². The van der Waals surface area contributed by atoms with Crippen molar-refractivity contribution in [1.82, 2.24) is 9.97 Å². The first-order chi connectivity index (χ1) is 8.29. The molecular weight excluding hydrogens is 212 g/mol. The summed E-state index contributed by atoms with van der Waals surface area (Å²) in [7, 11) is 0. The number of nitrogens with one attached hydrogen (secondary N) is 1. The SMILES string of the molecule is CCCc1ccc(Nc2nccnc2N)cc1. The predicted molar refractivity (Wildman–Crippen MR) is 70.2 cm³/mol. The van der Waals surface area contributed by atoms with Gasteiger partial charge in [0.2, 0.25) is 0 Å². The van der Waals surface area contributed by atoms with Crippen molar-refractivity contribution in [3.05, 3.63) is 42.2 Å². The van der Waals surface area contributed by atoms with E-state index in [1.54, 1.807) is 12.4 Å². The Kier molecular flexibility index (Phi) is 3.55. The van der Waals surface area contributed by atoms with E-state index in [1.807, 2.05) is 12.1 Å². The molecule has 1 aromatic carbocycles. The van der Waals surface area contributed by atoms with Crippen LogP contribution in [0, 0.1) is 0 Å². The molecule has 0 unspecified atom stereocenters. The van der Waals surface area contributed by atoms with Crippen molar-refractivity contribution < 1.29 is 0 Å². The molecule has 88 valence electrons. The normalized spacial score (nSPS) is 10.2. The number of aryl methyl sites for hydroxylation is 1. The maximum Gasteiger partial charge on any atom is 0.173 e. The summed E-state index contributed by atoms with van der Waals surface area (Å²) in [6, 6.07) is 8.27. The molecule has 1 heterocycles. The lowest BCUT2D eigenvalue weighted by molar-refractivity contribution is 0.922. The summed E-state index contributed by atoms with van der Waals surface area (Å²) >= 11 is 0. The quantitative estimate of drug-likeness (QED) is 0.844. The third kappa shape index (κ3) is 2.93. The average Bonchev–Trinajstić information content (AvgIpc) is 2.35. The largest absolute Gasteiger partial charge is 0.381 e. The smallest absolute Gasteiger partial charge is 0.173 e. The fourth-order valence-corrected chi connectivity index (χ4v) is 1.63. The van der Waals surface area contributed by atoms with Gasteiger partial charge in [0.05, 0.1) is 0 Å². The maximum absolute atomic E-state index is 5.71. The molecule has 4 nitrogen and oxygen atoms in total. The van der Waals surface area contributed by atoms with Gasteiger partial charge in [0.1, 0.15) is 0 Å². The molecule has 0 aliphatic rings. The Morgan fingerprint density at radius 2 is 1.82 bits per heavy atom. The van der Waals surface area contributed by atoms with Crippen LogP contribution in [0.4, 0.5) is 17.3 Å². The van der Waals surface area contributed by atoms with E-state index in [0.717, 1.165) is 18.5 Å². The molecule has 0 aliphatic carbocycles. The molecule has 17 heavy (non-hydrogen) atoms. The number of anilines is 3. The van der Waals surface area contributed by atoms with Gasteiger partial charge in [-0.3, -0.25) is 0 Å². The Balaban J connectivity index is 2.11. The van der Waals surface area contributed by atoms with Crippen LogP contribution in [0.1, 0.15) is 18.9 Å². The average molecular weight is 228 g/mol. The molecule has 0 amide bonds. The van der Waals surface area contributed by atoms with Crippen molar-refractivity contribution in [2.24, 2.45) is 0 Å². The molecule has 0 saturated carbocycles. The molecule has 0 aliphatic heterocycles. The number of hydrogen-bond donors (Lipinski definition) is 2. The van der Waals surface area contributed by atoms with Gasteiger partial charge in [0, 0.05) is 18.1 Å². The molecule has 0 atom stereocenters. The Hall–Kier alpha value is -2.10. The second-order valence-electron chi connectivity index (χ2n) is 3.86. The fraction of sp³-hybridized carbons (Fsp3) is 0.231. The highest BCUT2D eigenvalue weighted by molar-refractivity contribution is 5.65. The van der Waals surface area contributed by atoms with E-state index < -0.39 is 0 Å². The highest BCUT2D eigenvalue weighted by Crippen LogP contribution is 2.18. The number of aromatic nitrogens is 2. The second-order valence-corrected chi connectivity index (χ2v) is 3.86. The standard InChI is InChI=1S/C13H16N4/c1-2-3-10-4-6-11(7-5-10)17-13-12(14)15-8-9-16-13/h4-9H,2-3H2,1H3,(H2,14,15)(H,16,17). The van der Waals surface area contributed by atoms with Crippen molar-refractivity contribution in [2.45, 2.75) is 19.8 Å². The van der Waals surface area contributed by atoms with Crippen LogP contribution in [0.3, 0.4) is 0 Å². The van der Waals surface area contributed by atoms with Gasteiger partial charge in [-0.1, -0.05) is 25.5 Å². The van der Waals surface area contributed by atoms with E-state index in [4.69, 9.17) is 5.73 Å². The molecule has 0 spiro atoms. The lowest BCUT2D eigenvalue weighted by Crippen LogP contribution is -2.00. The van der Waals surface area contributed by atoms with E-state index >= 15 is 0 Å². The maximum atomic E-state index is 5.71. The van der Waals surface area contributed by atoms with Crippen LogP contribution < -0.4 is 11.1 Å². The number of rotatable bonds is 4. The molecular formula is C13H16N4. The lowest BCUT2D eigenvalue weighted by Gasteiger charge is -2.07. The highest BCUT2D eigenvalue weighted by Gasteiger charge is 2.01. The first-order valence-corrected chi connectivity index (χ1v) is 5.72. The summed E-state index contributed by atoms with van der Waals surface area (Å²) in [4.78, 5) is 8.11. The van der Waals surface area contributed by atoms with Gasteiger partial charge in [-0.15, -0.1) is 0 Å². The zero-order valence-electron chi connectivity index (χ0n) is 9.85. The Labute approximate surface area is 101 Å². The number of nitrogens with two attached hydrogens (primary N) is 1. The van der Waals surface area contributed by atoms with Gasteiger partial charge < -0.3 is 11.1 Å². The zero-order chi connectivity index (χ0) is 12.1. The first-order valence-electron chi connectivity index (χ1n) is 5.72. The Bertz CT molecular complexity index is 479.